The first kappa shape index (κ1) is 38.2. The van der Waals surface area contributed by atoms with Crippen molar-refractivity contribution in [3.05, 3.63) is 89.4 Å². The lowest BCUT2D eigenvalue weighted by atomic mass is 9.82. The molecule has 6 aromatic rings. The summed E-state index contributed by atoms with van der Waals surface area (Å²) in [5, 5.41) is 8.87. The van der Waals surface area contributed by atoms with Crippen molar-refractivity contribution in [1.29, 1.82) is 0 Å². The Hall–Kier alpha value is -4.08. The fraction of sp³-hybridized carbons (Fsp3) is 0.450. The third-order valence-corrected chi connectivity index (χ3v) is 10.7. The first-order valence-corrected chi connectivity index (χ1v) is 19.5. The Morgan fingerprint density at radius 1 is 0.648 bits per heavy atom. The van der Waals surface area contributed by atoms with Crippen molar-refractivity contribution in [2.24, 2.45) is 0 Å². The molecule has 14 heteroatoms. The van der Waals surface area contributed by atoms with Gasteiger partial charge in [0.2, 0.25) is 0 Å². The number of ether oxygens (including phenoxy) is 2. The number of hydrogen-bond acceptors (Lipinski definition) is 10. The van der Waals surface area contributed by atoms with E-state index in [0.717, 1.165) is 93.4 Å². The zero-order chi connectivity index (χ0) is 37.9. The summed E-state index contributed by atoms with van der Waals surface area (Å²) in [6.45, 7) is 13.8. The van der Waals surface area contributed by atoms with Crippen LogP contribution < -0.4 is 5.46 Å². The van der Waals surface area contributed by atoms with Gasteiger partial charge in [-0.25, -0.2) is 9.36 Å². The van der Waals surface area contributed by atoms with Gasteiger partial charge in [0.15, 0.2) is 0 Å². The van der Waals surface area contributed by atoms with Gasteiger partial charge >= 0.3 is 7.12 Å². The first-order valence-electron chi connectivity index (χ1n) is 18.7. The standard InChI is InChI=1S/C17H18N4O.C14H23BN2O3.C9H7BrN2/c1-12-5-6-15-16(20-12)8-13(9-18-15)14-10-19-21(11-14)17-4-2-3-7-22-17;1-13(2)14(3,4)20-15(19-13)11-9-16-17(10-11)12-7-5-6-8-18-12;1-6-2-3-8-9(12-6)4-7(10)5-11-8/h5-6,8-11,17H,2-4,7H2,1H3;9-10,12H,5-8H2,1-4H3;2-5H,1H3. The van der Waals surface area contributed by atoms with E-state index in [4.69, 9.17) is 18.8 Å². The molecular weight excluding hydrogens is 747 g/mol. The van der Waals surface area contributed by atoms with E-state index in [-0.39, 0.29) is 30.8 Å². The average molecular weight is 796 g/mol. The predicted octanol–water partition coefficient (Wildman–Crippen LogP) is 8.08. The minimum atomic E-state index is -0.350. The molecule has 6 aromatic heterocycles. The molecule has 3 fully saturated rings. The highest BCUT2D eigenvalue weighted by Crippen LogP contribution is 2.36. The Bertz CT molecular complexity index is 2140. The van der Waals surface area contributed by atoms with E-state index >= 15 is 0 Å². The smallest absolute Gasteiger partial charge is 0.399 e. The first-order chi connectivity index (χ1) is 25.9. The van der Waals surface area contributed by atoms with Crippen LogP contribution in [0.2, 0.25) is 0 Å². The maximum Gasteiger partial charge on any atom is 0.498 e. The molecule has 3 aliphatic heterocycles. The van der Waals surface area contributed by atoms with Crippen LogP contribution in [0.1, 0.15) is 90.1 Å². The number of hydrogen-bond donors (Lipinski definition) is 0. The second-order valence-electron chi connectivity index (χ2n) is 15.1. The summed E-state index contributed by atoms with van der Waals surface area (Å²) in [5.74, 6) is 0. The van der Waals surface area contributed by atoms with Gasteiger partial charge in [-0.2, -0.15) is 10.2 Å². The normalized spacial score (nSPS) is 20.6. The van der Waals surface area contributed by atoms with Crippen LogP contribution in [0, 0.1) is 13.8 Å². The molecule has 0 bridgehead atoms. The lowest BCUT2D eigenvalue weighted by molar-refractivity contribution is -0.0395. The molecule has 0 N–H and O–H groups in total. The second-order valence-corrected chi connectivity index (χ2v) is 16.0. The topological polar surface area (TPSA) is 124 Å². The van der Waals surface area contributed by atoms with Gasteiger partial charge in [0.05, 0.1) is 39.5 Å². The van der Waals surface area contributed by atoms with E-state index in [1.165, 1.54) is 12.8 Å². The molecule has 3 aliphatic rings. The summed E-state index contributed by atoms with van der Waals surface area (Å²) in [5.41, 5.74) is 8.12. The zero-order valence-electron chi connectivity index (χ0n) is 31.9. The highest BCUT2D eigenvalue weighted by molar-refractivity contribution is 9.10. The summed E-state index contributed by atoms with van der Waals surface area (Å²) < 4.78 is 28.4. The molecule has 54 heavy (non-hydrogen) atoms. The van der Waals surface area contributed by atoms with Crippen LogP contribution in [-0.4, -0.2) is 71.0 Å². The minimum Gasteiger partial charge on any atom is -0.399 e. The van der Waals surface area contributed by atoms with Crippen LogP contribution in [0.5, 0.6) is 0 Å². The van der Waals surface area contributed by atoms with Crippen LogP contribution in [-0.2, 0) is 18.8 Å². The third-order valence-electron chi connectivity index (χ3n) is 10.3. The average Bonchev–Trinajstić information content (AvgIpc) is 3.91. The molecule has 2 unspecified atom stereocenters. The van der Waals surface area contributed by atoms with Crippen molar-refractivity contribution in [2.75, 3.05) is 13.2 Å². The number of rotatable bonds is 4. The van der Waals surface area contributed by atoms with Crippen molar-refractivity contribution in [1.82, 2.24) is 39.5 Å². The number of halogens is 1. The van der Waals surface area contributed by atoms with E-state index in [1.54, 1.807) is 6.20 Å². The van der Waals surface area contributed by atoms with Gasteiger partial charge in [0.25, 0.3) is 0 Å². The van der Waals surface area contributed by atoms with Crippen LogP contribution in [0.4, 0.5) is 0 Å². The highest BCUT2D eigenvalue weighted by Gasteiger charge is 2.52. The molecule has 3 saturated heterocycles. The predicted molar refractivity (Wildman–Crippen MR) is 213 cm³/mol. The van der Waals surface area contributed by atoms with E-state index in [1.807, 2.05) is 84.5 Å². The highest BCUT2D eigenvalue weighted by atomic mass is 79.9. The molecule has 0 aromatic carbocycles. The van der Waals surface area contributed by atoms with Crippen molar-refractivity contribution in [3.63, 3.8) is 0 Å². The molecule has 0 radical (unpaired) electrons. The maximum atomic E-state index is 6.03. The Morgan fingerprint density at radius 2 is 1.20 bits per heavy atom. The van der Waals surface area contributed by atoms with Gasteiger partial charge in [-0.05, 0) is 132 Å². The van der Waals surface area contributed by atoms with Crippen molar-refractivity contribution >= 4 is 50.6 Å². The van der Waals surface area contributed by atoms with Gasteiger partial charge < -0.3 is 18.8 Å². The van der Waals surface area contributed by atoms with Crippen LogP contribution in [0.25, 0.3) is 33.2 Å². The fourth-order valence-electron chi connectivity index (χ4n) is 6.47. The van der Waals surface area contributed by atoms with Crippen molar-refractivity contribution < 1.29 is 18.8 Å². The number of nitrogens with zero attached hydrogens (tertiary/aromatic N) is 8. The summed E-state index contributed by atoms with van der Waals surface area (Å²) in [4.78, 5) is 17.6. The van der Waals surface area contributed by atoms with Gasteiger partial charge in [0.1, 0.15) is 12.5 Å². The summed E-state index contributed by atoms with van der Waals surface area (Å²) in [6, 6.07) is 12.0. The molecule has 9 rings (SSSR count). The van der Waals surface area contributed by atoms with Gasteiger partial charge in [-0.3, -0.25) is 19.9 Å². The molecule has 0 amide bonds. The largest absolute Gasteiger partial charge is 0.498 e. The van der Waals surface area contributed by atoms with Crippen molar-refractivity contribution in [2.45, 2.75) is 104 Å². The Kier molecular flexibility index (Phi) is 11.6. The monoisotopic (exact) mass is 794 g/mol. The zero-order valence-corrected chi connectivity index (χ0v) is 33.5. The minimum absolute atomic E-state index is 0.0555. The number of aromatic nitrogens is 8. The molecule has 9 heterocycles. The SMILES string of the molecule is CC1(C)OB(c2cnn(C3CCCCO3)c2)OC1(C)C.Cc1ccc2ncc(-c3cnn(C4CCCCO4)c3)cc2n1.Cc1ccc2ncc(Br)cc2n1. The molecular formula is C40H48BBrN8O4. The maximum absolute atomic E-state index is 6.03. The number of aryl methyl sites for hydroxylation is 2. The number of pyridine rings is 4. The second kappa shape index (κ2) is 16.3. The molecule has 0 aliphatic carbocycles. The molecule has 0 saturated carbocycles. The number of fused-ring (bicyclic) bond motifs is 2. The molecule has 12 nitrogen and oxygen atoms in total. The third kappa shape index (κ3) is 8.89. The van der Waals surface area contributed by atoms with E-state index in [2.05, 4.69) is 79.8 Å². The summed E-state index contributed by atoms with van der Waals surface area (Å²) in [6.07, 6.45) is 18.2. The van der Waals surface area contributed by atoms with Crippen LogP contribution in [0.15, 0.2) is 78.1 Å². The van der Waals surface area contributed by atoms with Gasteiger partial charge in [-0.15, -0.1) is 0 Å². The summed E-state index contributed by atoms with van der Waals surface area (Å²) in [7, 11) is -0.350. The van der Waals surface area contributed by atoms with E-state index in [9.17, 15) is 0 Å². The van der Waals surface area contributed by atoms with Crippen LogP contribution in [0.3, 0.4) is 0 Å². The van der Waals surface area contributed by atoms with Crippen LogP contribution >= 0.6 is 15.9 Å². The Balaban J connectivity index is 0.000000130. The fourth-order valence-corrected chi connectivity index (χ4v) is 6.79. The molecule has 2 atom stereocenters. The van der Waals surface area contributed by atoms with E-state index in [0.29, 0.717) is 0 Å². The molecule has 0 spiro atoms. The Labute approximate surface area is 325 Å². The van der Waals surface area contributed by atoms with Gasteiger partial charge in [0, 0.05) is 76.6 Å². The lowest BCUT2D eigenvalue weighted by Gasteiger charge is -2.32. The van der Waals surface area contributed by atoms with Crippen molar-refractivity contribution in [3.8, 4) is 11.1 Å². The summed E-state index contributed by atoms with van der Waals surface area (Å²) >= 11 is 3.35. The van der Waals surface area contributed by atoms with E-state index < -0.39 is 0 Å². The Morgan fingerprint density at radius 3 is 1.80 bits per heavy atom. The quantitative estimate of drug-likeness (QED) is 0.162. The molecule has 282 valence electrons. The van der Waals surface area contributed by atoms with Gasteiger partial charge in [-0.1, -0.05) is 0 Å². The lowest BCUT2D eigenvalue weighted by Crippen LogP contribution is -2.41.